The van der Waals surface area contributed by atoms with E-state index in [1.807, 2.05) is 30.3 Å². The first kappa shape index (κ1) is 14.2. The summed E-state index contributed by atoms with van der Waals surface area (Å²) in [7, 11) is 3.70. The van der Waals surface area contributed by atoms with Gasteiger partial charge in [0.2, 0.25) is 0 Å². The number of nitrogens with zero attached hydrogens (tertiary/aromatic N) is 2. The van der Waals surface area contributed by atoms with Gasteiger partial charge in [0, 0.05) is 18.5 Å². The third-order valence-corrected chi connectivity index (χ3v) is 4.92. The molecular weight excluding hydrogens is 291 g/mol. The second-order valence-electron chi connectivity index (χ2n) is 6.22. The summed E-state index contributed by atoms with van der Waals surface area (Å²) in [6.45, 7) is 0. The first-order valence-electron chi connectivity index (χ1n) is 7.91. The van der Waals surface area contributed by atoms with Crippen LogP contribution in [0.15, 0.2) is 47.6 Å². The van der Waals surface area contributed by atoms with Crippen molar-refractivity contribution < 1.29 is 9.13 Å². The van der Waals surface area contributed by atoms with Crippen LogP contribution in [0, 0.1) is 11.7 Å². The van der Waals surface area contributed by atoms with Gasteiger partial charge in [-0.05, 0) is 54.3 Å². The van der Waals surface area contributed by atoms with Gasteiger partial charge >= 0.3 is 0 Å². The molecule has 23 heavy (non-hydrogen) atoms. The zero-order valence-electron chi connectivity index (χ0n) is 13.3. The first-order valence-corrected chi connectivity index (χ1v) is 7.91. The SMILES string of the molecule is COc1ccc2c(c1)CCC1C2=NN(C)C1c1ccc(F)cc1. The largest absolute Gasteiger partial charge is 0.497 e. The van der Waals surface area contributed by atoms with E-state index >= 15 is 0 Å². The molecule has 0 bridgehead atoms. The highest BCUT2D eigenvalue weighted by Gasteiger charge is 2.39. The highest BCUT2D eigenvalue weighted by Crippen LogP contribution is 2.43. The summed E-state index contributed by atoms with van der Waals surface area (Å²) in [5.74, 6) is 1.05. The summed E-state index contributed by atoms with van der Waals surface area (Å²) in [5.41, 5.74) is 4.78. The lowest BCUT2D eigenvalue weighted by Gasteiger charge is -2.29. The number of hydrogen-bond acceptors (Lipinski definition) is 3. The molecule has 0 fully saturated rings. The Balaban J connectivity index is 1.71. The molecule has 2 aliphatic rings. The minimum atomic E-state index is -0.198. The number of aryl methyl sites for hydroxylation is 1. The smallest absolute Gasteiger partial charge is 0.123 e. The Labute approximate surface area is 135 Å². The standard InChI is InChI=1S/C19H19FN2O/c1-22-19(12-3-6-14(20)7-4-12)17-9-5-13-11-15(23-2)8-10-16(13)18(17)21-22/h3-4,6-8,10-11,17,19H,5,9H2,1-2H3. The molecule has 118 valence electrons. The molecule has 4 rings (SSSR count). The fraction of sp³-hybridized carbons (Fsp3) is 0.316. The second-order valence-corrected chi connectivity index (χ2v) is 6.22. The van der Waals surface area contributed by atoms with Crippen molar-refractivity contribution in [2.75, 3.05) is 14.2 Å². The number of benzene rings is 2. The summed E-state index contributed by atoms with van der Waals surface area (Å²) in [6.07, 6.45) is 2.06. The molecule has 1 heterocycles. The summed E-state index contributed by atoms with van der Waals surface area (Å²) in [4.78, 5) is 0. The van der Waals surface area contributed by atoms with Gasteiger partial charge in [0.05, 0.1) is 18.9 Å². The molecule has 4 heteroatoms. The van der Waals surface area contributed by atoms with Crippen LogP contribution in [0.1, 0.15) is 29.2 Å². The van der Waals surface area contributed by atoms with Crippen molar-refractivity contribution in [2.24, 2.45) is 11.0 Å². The van der Waals surface area contributed by atoms with Gasteiger partial charge in [-0.2, -0.15) is 5.10 Å². The maximum atomic E-state index is 13.2. The van der Waals surface area contributed by atoms with Crippen LogP contribution in [0.4, 0.5) is 4.39 Å². The van der Waals surface area contributed by atoms with E-state index in [4.69, 9.17) is 9.84 Å². The van der Waals surface area contributed by atoms with Gasteiger partial charge < -0.3 is 4.74 Å². The van der Waals surface area contributed by atoms with Crippen LogP contribution >= 0.6 is 0 Å². The summed E-state index contributed by atoms with van der Waals surface area (Å²) in [5, 5.41) is 6.82. The van der Waals surface area contributed by atoms with Crippen molar-refractivity contribution in [3.63, 3.8) is 0 Å². The van der Waals surface area contributed by atoms with Crippen LogP contribution in [0.2, 0.25) is 0 Å². The van der Waals surface area contributed by atoms with Crippen molar-refractivity contribution >= 4 is 5.71 Å². The quantitative estimate of drug-likeness (QED) is 0.843. The normalized spacial score (nSPS) is 22.4. The third-order valence-electron chi connectivity index (χ3n) is 4.92. The van der Waals surface area contributed by atoms with E-state index in [0.29, 0.717) is 5.92 Å². The number of ether oxygens (including phenoxy) is 1. The summed E-state index contributed by atoms with van der Waals surface area (Å²) in [6, 6.07) is 13.2. The predicted molar refractivity (Wildman–Crippen MR) is 88.2 cm³/mol. The van der Waals surface area contributed by atoms with E-state index in [0.717, 1.165) is 29.9 Å². The van der Waals surface area contributed by atoms with E-state index in [1.165, 1.54) is 23.3 Å². The molecule has 0 saturated carbocycles. The second kappa shape index (κ2) is 5.37. The molecule has 1 aliphatic heterocycles. The number of methoxy groups -OCH3 is 1. The lowest BCUT2D eigenvalue weighted by molar-refractivity contribution is 0.243. The van der Waals surface area contributed by atoms with Crippen LogP contribution in [0.5, 0.6) is 5.75 Å². The Morgan fingerprint density at radius 3 is 2.70 bits per heavy atom. The van der Waals surface area contributed by atoms with E-state index in [2.05, 4.69) is 12.1 Å². The topological polar surface area (TPSA) is 24.8 Å². The molecule has 0 amide bonds. The maximum absolute atomic E-state index is 13.2. The van der Waals surface area contributed by atoms with Gasteiger partial charge in [0.25, 0.3) is 0 Å². The van der Waals surface area contributed by atoms with Crippen molar-refractivity contribution in [2.45, 2.75) is 18.9 Å². The molecule has 0 aromatic heterocycles. The molecule has 0 saturated heterocycles. The highest BCUT2D eigenvalue weighted by molar-refractivity contribution is 6.05. The molecule has 2 atom stereocenters. The lowest BCUT2D eigenvalue weighted by atomic mass is 9.77. The molecule has 0 radical (unpaired) electrons. The van der Waals surface area contributed by atoms with E-state index in [-0.39, 0.29) is 11.9 Å². The molecular formula is C19H19FN2O. The van der Waals surface area contributed by atoms with Gasteiger partial charge in [-0.3, -0.25) is 5.01 Å². The minimum absolute atomic E-state index is 0.181. The molecule has 3 nitrogen and oxygen atoms in total. The molecule has 2 aromatic carbocycles. The van der Waals surface area contributed by atoms with Crippen LogP contribution in [0.3, 0.4) is 0 Å². The highest BCUT2D eigenvalue weighted by atomic mass is 19.1. The third kappa shape index (κ3) is 2.29. The zero-order valence-corrected chi connectivity index (χ0v) is 13.3. The van der Waals surface area contributed by atoms with Gasteiger partial charge in [0.15, 0.2) is 0 Å². The molecule has 2 unspecified atom stereocenters. The molecule has 0 spiro atoms. The monoisotopic (exact) mass is 310 g/mol. The van der Waals surface area contributed by atoms with Crippen molar-refractivity contribution in [1.29, 1.82) is 0 Å². The maximum Gasteiger partial charge on any atom is 0.123 e. The van der Waals surface area contributed by atoms with Gasteiger partial charge in [-0.25, -0.2) is 4.39 Å². The Morgan fingerprint density at radius 2 is 1.96 bits per heavy atom. The number of hydrazone groups is 1. The van der Waals surface area contributed by atoms with Gasteiger partial charge in [-0.1, -0.05) is 12.1 Å². The number of fused-ring (bicyclic) bond motifs is 3. The van der Waals surface area contributed by atoms with Crippen LogP contribution in [-0.2, 0) is 6.42 Å². The van der Waals surface area contributed by atoms with E-state index in [9.17, 15) is 4.39 Å². The summed E-state index contributed by atoms with van der Waals surface area (Å²) < 4.78 is 18.5. The van der Waals surface area contributed by atoms with Gasteiger partial charge in [0.1, 0.15) is 11.6 Å². The summed E-state index contributed by atoms with van der Waals surface area (Å²) >= 11 is 0. The number of hydrogen-bond donors (Lipinski definition) is 0. The zero-order chi connectivity index (χ0) is 16.0. The van der Waals surface area contributed by atoms with E-state index < -0.39 is 0 Å². The van der Waals surface area contributed by atoms with Crippen LogP contribution in [0.25, 0.3) is 0 Å². The Hall–Kier alpha value is -2.36. The Morgan fingerprint density at radius 1 is 1.17 bits per heavy atom. The Kier molecular flexibility index (Phi) is 3.33. The minimum Gasteiger partial charge on any atom is -0.497 e. The van der Waals surface area contributed by atoms with Crippen LogP contribution in [-0.4, -0.2) is 24.9 Å². The first-order chi connectivity index (χ1) is 11.2. The lowest BCUT2D eigenvalue weighted by Crippen LogP contribution is -2.27. The predicted octanol–water partition coefficient (Wildman–Crippen LogP) is 3.79. The molecule has 0 N–H and O–H groups in total. The van der Waals surface area contributed by atoms with Gasteiger partial charge in [-0.15, -0.1) is 0 Å². The number of rotatable bonds is 2. The fourth-order valence-electron chi connectivity index (χ4n) is 3.84. The van der Waals surface area contributed by atoms with Crippen molar-refractivity contribution in [3.05, 3.63) is 65.0 Å². The average Bonchev–Trinajstić information content (AvgIpc) is 2.91. The average molecular weight is 310 g/mol. The fourth-order valence-corrected chi connectivity index (χ4v) is 3.84. The molecule has 2 aromatic rings. The van der Waals surface area contributed by atoms with Crippen LogP contribution < -0.4 is 4.74 Å². The Bertz CT molecular complexity index is 769. The van der Waals surface area contributed by atoms with Crippen molar-refractivity contribution in [1.82, 2.24) is 5.01 Å². The van der Waals surface area contributed by atoms with E-state index in [1.54, 1.807) is 7.11 Å². The van der Waals surface area contributed by atoms with Crippen molar-refractivity contribution in [3.8, 4) is 5.75 Å². The molecule has 1 aliphatic carbocycles. The number of halogens is 1.